The van der Waals surface area contributed by atoms with Crippen molar-refractivity contribution in [3.05, 3.63) is 33.8 Å². The summed E-state index contributed by atoms with van der Waals surface area (Å²) >= 11 is 3.47. The van der Waals surface area contributed by atoms with Gasteiger partial charge in [-0.25, -0.2) is 0 Å². The van der Waals surface area contributed by atoms with E-state index in [1.807, 2.05) is 0 Å². The first-order chi connectivity index (χ1) is 6.00. The number of rotatable bonds is 0. The molecule has 0 aliphatic heterocycles. The Kier molecular flexibility index (Phi) is 2.00. The SMILES string of the molecule is CC1(C)Cc2ccc(Br)cc2[C@H]1N. The Morgan fingerprint density at radius 2 is 2.15 bits per heavy atom. The van der Waals surface area contributed by atoms with Crippen LogP contribution in [0.15, 0.2) is 22.7 Å². The molecule has 0 radical (unpaired) electrons. The first-order valence-corrected chi connectivity index (χ1v) is 5.34. The summed E-state index contributed by atoms with van der Waals surface area (Å²) in [6.45, 7) is 4.46. The molecule has 2 N–H and O–H groups in total. The Balaban J connectivity index is 2.51. The number of hydrogen-bond acceptors (Lipinski definition) is 1. The van der Waals surface area contributed by atoms with E-state index in [2.05, 4.69) is 48.0 Å². The van der Waals surface area contributed by atoms with E-state index in [4.69, 9.17) is 5.73 Å². The maximum absolute atomic E-state index is 6.17. The van der Waals surface area contributed by atoms with Gasteiger partial charge in [-0.05, 0) is 35.1 Å². The molecule has 0 fully saturated rings. The average molecular weight is 240 g/mol. The highest BCUT2D eigenvalue weighted by Crippen LogP contribution is 2.44. The van der Waals surface area contributed by atoms with Crippen molar-refractivity contribution in [3.8, 4) is 0 Å². The summed E-state index contributed by atoms with van der Waals surface area (Å²) in [6, 6.07) is 6.59. The third-order valence-corrected chi connectivity index (χ3v) is 3.42. The van der Waals surface area contributed by atoms with Gasteiger partial charge in [0.25, 0.3) is 0 Å². The summed E-state index contributed by atoms with van der Waals surface area (Å²) < 4.78 is 1.12. The topological polar surface area (TPSA) is 26.0 Å². The molecule has 0 saturated heterocycles. The summed E-state index contributed by atoms with van der Waals surface area (Å²) in [6.07, 6.45) is 1.09. The molecule has 1 aliphatic rings. The predicted octanol–water partition coefficient (Wildman–Crippen LogP) is 3.03. The molecule has 0 saturated carbocycles. The van der Waals surface area contributed by atoms with E-state index in [-0.39, 0.29) is 11.5 Å². The van der Waals surface area contributed by atoms with Crippen LogP contribution in [0.1, 0.15) is 31.0 Å². The second kappa shape index (κ2) is 2.82. The van der Waals surface area contributed by atoms with Gasteiger partial charge in [0.2, 0.25) is 0 Å². The van der Waals surface area contributed by atoms with Crippen molar-refractivity contribution in [1.82, 2.24) is 0 Å². The van der Waals surface area contributed by atoms with Crippen molar-refractivity contribution in [2.45, 2.75) is 26.3 Å². The number of benzene rings is 1. The van der Waals surface area contributed by atoms with E-state index in [9.17, 15) is 0 Å². The standard InChI is InChI=1S/C11H14BrN/c1-11(2)6-7-3-4-8(12)5-9(7)10(11)13/h3-5,10H,6,13H2,1-2H3/t10-/m1/s1. The Hall–Kier alpha value is -0.340. The van der Waals surface area contributed by atoms with Gasteiger partial charge in [0, 0.05) is 10.5 Å². The molecule has 1 aromatic rings. The van der Waals surface area contributed by atoms with Crippen LogP contribution in [0.2, 0.25) is 0 Å². The zero-order valence-corrected chi connectivity index (χ0v) is 9.56. The summed E-state index contributed by atoms with van der Waals surface area (Å²) in [7, 11) is 0. The minimum absolute atomic E-state index is 0.181. The van der Waals surface area contributed by atoms with Gasteiger partial charge in [0.15, 0.2) is 0 Å². The molecule has 0 spiro atoms. The van der Waals surface area contributed by atoms with Crippen LogP contribution in [-0.4, -0.2) is 0 Å². The van der Waals surface area contributed by atoms with E-state index in [1.54, 1.807) is 0 Å². The van der Waals surface area contributed by atoms with Crippen LogP contribution < -0.4 is 5.73 Å². The highest BCUT2D eigenvalue weighted by Gasteiger charge is 2.36. The van der Waals surface area contributed by atoms with Crippen molar-refractivity contribution in [1.29, 1.82) is 0 Å². The molecule has 0 aromatic heterocycles. The van der Waals surface area contributed by atoms with Gasteiger partial charge >= 0.3 is 0 Å². The maximum atomic E-state index is 6.17. The van der Waals surface area contributed by atoms with Gasteiger partial charge in [-0.2, -0.15) is 0 Å². The Morgan fingerprint density at radius 1 is 1.46 bits per heavy atom. The third kappa shape index (κ3) is 1.42. The maximum Gasteiger partial charge on any atom is 0.0353 e. The molecule has 2 heteroatoms. The molecular formula is C11H14BrN. The second-order valence-electron chi connectivity index (χ2n) is 4.49. The third-order valence-electron chi connectivity index (χ3n) is 2.93. The number of fused-ring (bicyclic) bond motifs is 1. The van der Waals surface area contributed by atoms with Gasteiger partial charge in [-0.3, -0.25) is 0 Å². The van der Waals surface area contributed by atoms with Gasteiger partial charge in [0.05, 0.1) is 0 Å². The zero-order valence-electron chi connectivity index (χ0n) is 7.97. The number of halogens is 1. The normalized spacial score (nSPS) is 24.5. The smallest absolute Gasteiger partial charge is 0.0353 e. The van der Waals surface area contributed by atoms with E-state index in [0.29, 0.717) is 0 Å². The average Bonchev–Trinajstić information content (AvgIpc) is 2.26. The summed E-state index contributed by atoms with van der Waals surface area (Å²) in [5.74, 6) is 0. The molecule has 1 atom stereocenters. The van der Waals surface area contributed by atoms with E-state index in [0.717, 1.165) is 10.9 Å². The summed E-state index contributed by atoms with van der Waals surface area (Å²) in [5, 5.41) is 0. The van der Waals surface area contributed by atoms with Crippen LogP contribution in [0.4, 0.5) is 0 Å². The van der Waals surface area contributed by atoms with E-state index in [1.165, 1.54) is 11.1 Å². The zero-order chi connectivity index (χ0) is 9.64. The molecule has 1 nitrogen and oxygen atoms in total. The molecule has 13 heavy (non-hydrogen) atoms. The monoisotopic (exact) mass is 239 g/mol. The van der Waals surface area contributed by atoms with Gasteiger partial charge in [-0.15, -0.1) is 0 Å². The van der Waals surface area contributed by atoms with Crippen LogP contribution in [0, 0.1) is 5.41 Å². The summed E-state index contributed by atoms with van der Waals surface area (Å²) in [4.78, 5) is 0. The Morgan fingerprint density at radius 3 is 2.85 bits per heavy atom. The van der Waals surface area contributed by atoms with Crippen molar-refractivity contribution in [3.63, 3.8) is 0 Å². The van der Waals surface area contributed by atoms with Gasteiger partial charge in [-0.1, -0.05) is 35.8 Å². The lowest BCUT2D eigenvalue weighted by atomic mass is 9.86. The highest BCUT2D eigenvalue weighted by atomic mass is 79.9. The fourth-order valence-corrected chi connectivity index (χ4v) is 2.42. The Labute approximate surface area is 87.5 Å². The van der Waals surface area contributed by atoms with Crippen LogP contribution >= 0.6 is 15.9 Å². The number of hydrogen-bond donors (Lipinski definition) is 1. The van der Waals surface area contributed by atoms with Crippen LogP contribution in [-0.2, 0) is 6.42 Å². The lowest BCUT2D eigenvalue weighted by Gasteiger charge is -2.23. The molecule has 0 unspecified atom stereocenters. The van der Waals surface area contributed by atoms with Gasteiger partial charge < -0.3 is 5.73 Å². The first-order valence-electron chi connectivity index (χ1n) is 4.54. The predicted molar refractivity (Wildman–Crippen MR) is 58.6 cm³/mol. The lowest BCUT2D eigenvalue weighted by molar-refractivity contribution is 0.319. The minimum atomic E-state index is 0.181. The Bertz CT molecular complexity index is 344. The van der Waals surface area contributed by atoms with Crippen molar-refractivity contribution in [2.75, 3.05) is 0 Å². The molecule has 2 rings (SSSR count). The van der Waals surface area contributed by atoms with Crippen molar-refractivity contribution in [2.24, 2.45) is 11.1 Å². The second-order valence-corrected chi connectivity index (χ2v) is 5.40. The highest BCUT2D eigenvalue weighted by molar-refractivity contribution is 9.10. The summed E-state index contributed by atoms with van der Waals surface area (Å²) in [5.41, 5.74) is 9.09. The van der Waals surface area contributed by atoms with Crippen LogP contribution in [0.3, 0.4) is 0 Å². The molecule has 0 bridgehead atoms. The first kappa shape index (κ1) is 9.22. The van der Waals surface area contributed by atoms with Crippen molar-refractivity contribution < 1.29 is 0 Å². The molecule has 70 valence electrons. The quantitative estimate of drug-likeness (QED) is 0.741. The lowest BCUT2D eigenvalue weighted by Crippen LogP contribution is -2.24. The van der Waals surface area contributed by atoms with Gasteiger partial charge in [0.1, 0.15) is 0 Å². The number of nitrogens with two attached hydrogens (primary N) is 1. The molecule has 1 aromatic carbocycles. The van der Waals surface area contributed by atoms with Crippen LogP contribution in [0.5, 0.6) is 0 Å². The molecular weight excluding hydrogens is 226 g/mol. The minimum Gasteiger partial charge on any atom is -0.323 e. The largest absolute Gasteiger partial charge is 0.323 e. The molecule has 0 heterocycles. The van der Waals surface area contributed by atoms with E-state index >= 15 is 0 Å². The molecule has 1 aliphatic carbocycles. The fourth-order valence-electron chi connectivity index (χ4n) is 2.04. The van der Waals surface area contributed by atoms with Crippen LogP contribution in [0.25, 0.3) is 0 Å². The van der Waals surface area contributed by atoms with Crippen molar-refractivity contribution >= 4 is 15.9 Å². The fraction of sp³-hybridized carbons (Fsp3) is 0.455. The van der Waals surface area contributed by atoms with E-state index < -0.39 is 0 Å². The molecule has 0 amide bonds.